The number of hydrogen-bond acceptors (Lipinski definition) is 1. The standard InChI is InChI=1S/C45H29N5/c1-3-11-32(12-4-1)47-25-23-30-19-21-38-36-15-7-9-17-40(36)49(44(38)42(30)47)34-27-35(29-46-28-34)50-41-18-10-8-16-37(41)39-22-20-31-24-26-48(43(31)45(39)50)33-13-5-2-6-14-33/h1-29H. The lowest BCUT2D eigenvalue weighted by Gasteiger charge is -2.15. The molecule has 5 heterocycles. The van der Waals surface area contributed by atoms with Crippen molar-refractivity contribution in [1.29, 1.82) is 0 Å². The summed E-state index contributed by atoms with van der Waals surface area (Å²) in [6.07, 6.45) is 8.36. The summed E-state index contributed by atoms with van der Waals surface area (Å²) in [6, 6.07) is 54.4. The van der Waals surface area contributed by atoms with Gasteiger partial charge in [0.2, 0.25) is 0 Å². The average molecular weight is 640 g/mol. The highest BCUT2D eigenvalue weighted by Gasteiger charge is 2.21. The van der Waals surface area contributed by atoms with E-state index in [1.165, 1.54) is 54.4 Å². The van der Waals surface area contributed by atoms with Crippen molar-refractivity contribution < 1.29 is 0 Å². The Hall–Kier alpha value is -6.85. The van der Waals surface area contributed by atoms with Gasteiger partial charge in [0.1, 0.15) is 0 Å². The van der Waals surface area contributed by atoms with Crippen molar-refractivity contribution in [2.75, 3.05) is 0 Å². The van der Waals surface area contributed by atoms with E-state index in [0.717, 1.165) is 33.8 Å². The van der Waals surface area contributed by atoms with Crippen LogP contribution in [0.15, 0.2) is 176 Å². The van der Waals surface area contributed by atoms with Gasteiger partial charge < -0.3 is 18.3 Å². The summed E-state index contributed by atoms with van der Waals surface area (Å²) in [7, 11) is 0. The summed E-state index contributed by atoms with van der Waals surface area (Å²) >= 11 is 0. The molecule has 0 saturated heterocycles. The molecule has 0 saturated carbocycles. The molecule has 11 rings (SSSR count). The first kappa shape index (κ1) is 27.1. The number of fused-ring (bicyclic) bond motifs is 10. The van der Waals surface area contributed by atoms with Gasteiger partial charge in [-0.2, -0.15) is 0 Å². The number of para-hydroxylation sites is 4. The summed E-state index contributed by atoms with van der Waals surface area (Å²) in [5.41, 5.74) is 11.3. The Bertz CT molecular complexity index is 2880. The van der Waals surface area contributed by atoms with Crippen LogP contribution in [0.1, 0.15) is 0 Å². The molecule has 0 N–H and O–H groups in total. The summed E-state index contributed by atoms with van der Waals surface area (Å²) in [4.78, 5) is 4.97. The van der Waals surface area contributed by atoms with E-state index in [2.05, 4.69) is 182 Å². The van der Waals surface area contributed by atoms with Crippen LogP contribution in [0.25, 0.3) is 88.2 Å². The van der Waals surface area contributed by atoms with Crippen LogP contribution in [0, 0.1) is 0 Å². The Morgan fingerprint density at radius 2 is 0.780 bits per heavy atom. The van der Waals surface area contributed by atoms with Crippen LogP contribution in [-0.4, -0.2) is 23.3 Å². The second-order valence-electron chi connectivity index (χ2n) is 12.9. The van der Waals surface area contributed by atoms with Crippen molar-refractivity contribution in [2.45, 2.75) is 0 Å². The minimum Gasteiger partial charge on any atom is -0.315 e. The average Bonchev–Trinajstić information content (AvgIpc) is 3.96. The number of rotatable bonds is 4. The van der Waals surface area contributed by atoms with Crippen molar-refractivity contribution in [3.05, 3.63) is 176 Å². The molecule has 0 aliphatic heterocycles. The van der Waals surface area contributed by atoms with Gasteiger partial charge in [-0.1, -0.05) is 97.1 Å². The van der Waals surface area contributed by atoms with Crippen LogP contribution in [0.2, 0.25) is 0 Å². The fraction of sp³-hybridized carbons (Fsp3) is 0. The molecule has 0 aliphatic rings. The fourth-order valence-electron chi connectivity index (χ4n) is 8.15. The zero-order valence-electron chi connectivity index (χ0n) is 27.0. The predicted octanol–water partition coefficient (Wildman–Crippen LogP) is 11.2. The van der Waals surface area contributed by atoms with E-state index in [0.29, 0.717) is 0 Å². The normalized spacial score (nSPS) is 12.0. The van der Waals surface area contributed by atoms with Crippen molar-refractivity contribution in [3.63, 3.8) is 0 Å². The lowest BCUT2D eigenvalue weighted by molar-refractivity contribution is 1.08. The molecule has 0 fully saturated rings. The van der Waals surface area contributed by atoms with Gasteiger partial charge in [0.15, 0.2) is 0 Å². The Labute approximate surface area is 287 Å². The van der Waals surface area contributed by atoms with E-state index >= 15 is 0 Å². The van der Waals surface area contributed by atoms with Crippen molar-refractivity contribution in [2.24, 2.45) is 0 Å². The molecular formula is C45H29N5. The second-order valence-corrected chi connectivity index (χ2v) is 12.9. The third-order valence-corrected chi connectivity index (χ3v) is 10.3. The van der Waals surface area contributed by atoms with E-state index in [-0.39, 0.29) is 0 Å². The highest BCUT2D eigenvalue weighted by molar-refractivity contribution is 6.19. The van der Waals surface area contributed by atoms with Crippen LogP contribution in [0.4, 0.5) is 0 Å². The molecular weight excluding hydrogens is 611 g/mol. The summed E-state index contributed by atoms with van der Waals surface area (Å²) in [5.74, 6) is 0. The molecule has 5 aromatic heterocycles. The van der Waals surface area contributed by atoms with Gasteiger partial charge in [0.05, 0.1) is 56.9 Å². The molecule has 0 amide bonds. The van der Waals surface area contributed by atoms with Gasteiger partial charge in [0, 0.05) is 56.1 Å². The minimum atomic E-state index is 1.01. The van der Waals surface area contributed by atoms with Crippen LogP contribution >= 0.6 is 0 Å². The van der Waals surface area contributed by atoms with E-state index in [4.69, 9.17) is 4.98 Å². The molecule has 6 aromatic carbocycles. The van der Waals surface area contributed by atoms with Gasteiger partial charge in [-0.05, 0) is 54.6 Å². The maximum Gasteiger partial charge on any atom is 0.0789 e. The molecule has 0 spiro atoms. The number of hydrogen-bond donors (Lipinski definition) is 0. The van der Waals surface area contributed by atoms with Crippen LogP contribution < -0.4 is 0 Å². The fourth-order valence-corrected chi connectivity index (χ4v) is 8.15. The molecule has 234 valence electrons. The zero-order valence-corrected chi connectivity index (χ0v) is 27.0. The lowest BCUT2D eigenvalue weighted by atomic mass is 10.1. The molecule has 5 nitrogen and oxygen atoms in total. The zero-order chi connectivity index (χ0) is 32.8. The highest BCUT2D eigenvalue weighted by Crippen LogP contribution is 2.40. The predicted molar refractivity (Wildman–Crippen MR) is 207 cm³/mol. The number of nitrogens with zero attached hydrogens (tertiary/aromatic N) is 5. The first-order valence-corrected chi connectivity index (χ1v) is 17.0. The van der Waals surface area contributed by atoms with E-state index in [1.54, 1.807) is 0 Å². The van der Waals surface area contributed by atoms with E-state index in [1.807, 2.05) is 12.4 Å². The Kier molecular flexibility index (Phi) is 5.60. The van der Waals surface area contributed by atoms with Crippen LogP contribution in [0.5, 0.6) is 0 Å². The van der Waals surface area contributed by atoms with Crippen molar-refractivity contribution >= 4 is 65.4 Å². The topological polar surface area (TPSA) is 32.6 Å². The number of aromatic nitrogens is 5. The quantitative estimate of drug-likeness (QED) is 0.189. The number of benzene rings is 6. The molecule has 0 bridgehead atoms. The third-order valence-electron chi connectivity index (χ3n) is 10.3. The first-order valence-electron chi connectivity index (χ1n) is 17.0. The molecule has 11 aromatic rings. The Balaban J connectivity index is 1.24. The van der Waals surface area contributed by atoms with E-state index in [9.17, 15) is 0 Å². The van der Waals surface area contributed by atoms with Gasteiger partial charge in [0.25, 0.3) is 0 Å². The molecule has 0 atom stereocenters. The van der Waals surface area contributed by atoms with Crippen molar-refractivity contribution in [3.8, 4) is 22.7 Å². The first-order chi connectivity index (χ1) is 24.8. The summed E-state index contributed by atoms with van der Waals surface area (Å²) in [5, 5.41) is 7.26. The van der Waals surface area contributed by atoms with Crippen LogP contribution in [0.3, 0.4) is 0 Å². The highest BCUT2D eigenvalue weighted by atomic mass is 15.1. The van der Waals surface area contributed by atoms with E-state index < -0.39 is 0 Å². The molecule has 0 unspecified atom stereocenters. The third kappa shape index (κ3) is 3.74. The van der Waals surface area contributed by atoms with Gasteiger partial charge in [-0.25, -0.2) is 0 Å². The Morgan fingerprint density at radius 1 is 0.340 bits per heavy atom. The smallest absolute Gasteiger partial charge is 0.0789 e. The minimum absolute atomic E-state index is 1.01. The van der Waals surface area contributed by atoms with Crippen LogP contribution in [-0.2, 0) is 0 Å². The molecule has 50 heavy (non-hydrogen) atoms. The maximum atomic E-state index is 4.97. The SMILES string of the molecule is c1ccc(-n2ccc3ccc4c5ccccc5n(-c5cncc(-n6c7ccccc7c7ccc8ccn(-c9ccccc9)c8c76)c5)c4c32)cc1. The monoisotopic (exact) mass is 639 g/mol. The second kappa shape index (κ2) is 10.3. The number of pyridine rings is 1. The molecule has 0 aliphatic carbocycles. The van der Waals surface area contributed by atoms with Gasteiger partial charge in [-0.3, -0.25) is 4.98 Å². The van der Waals surface area contributed by atoms with Gasteiger partial charge in [-0.15, -0.1) is 0 Å². The molecule has 5 heteroatoms. The molecule has 0 radical (unpaired) electrons. The Morgan fingerprint density at radius 3 is 1.26 bits per heavy atom. The maximum absolute atomic E-state index is 4.97. The van der Waals surface area contributed by atoms with Gasteiger partial charge >= 0.3 is 0 Å². The summed E-state index contributed by atoms with van der Waals surface area (Å²) < 4.78 is 9.43. The van der Waals surface area contributed by atoms with Crippen molar-refractivity contribution in [1.82, 2.24) is 23.3 Å². The lowest BCUT2D eigenvalue weighted by Crippen LogP contribution is -2.02. The summed E-state index contributed by atoms with van der Waals surface area (Å²) in [6.45, 7) is 0. The largest absolute Gasteiger partial charge is 0.315 e.